The van der Waals surface area contributed by atoms with Crippen molar-refractivity contribution in [3.63, 3.8) is 0 Å². The van der Waals surface area contributed by atoms with Crippen LogP contribution in [0.25, 0.3) is 10.8 Å². The molecule has 7 N–H and O–H groups in total. The molecule has 0 aromatic heterocycles. The summed E-state index contributed by atoms with van der Waals surface area (Å²) in [5, 5.41) is 64.4. The van der Waals surface area contributed by atoms with Gasteiger partial charge in [0.1, 0.15) is 23.4 Å². The van der Waals surface area contributed by atoms with E-state index in [4.69, 9.17) is 18.9 Å². The minimum atomic E-state index is -2.06. The molecule has 59 heavy (non-hydrogen) atoms. The van der Waals surface area contributed by atoms with Crippen LogP contribution in [0.5, 0.6) is 23.0 Å². The second-order valence-electron chi connectivity index (χ2n) is 15.4. The zero-order valence-corrected chi connectivity index (χ0v) is 34.5. The highest BCUT2D eigenvalue weighted by Gasteiger charge is 2.50. The molecular formula is C44H53N3O12. The Hall–Kier alpha value is -5.90. The molecule has 0 fully saturated rings. The first kappa shape index (κ1) is 44.2. The number of esters is 1. The van der Waals surface area contributed by atoms with E-state index in [-0.39, 0.29) is 44.5 Å². The summed E-state index contributed by atoms with van der Waals surface area (Å²) in [7, 11) is 1.43. The first-order valence-electron chi connectivity index (χ1n) is 19.3. The number of carbonyl (C=O) groups is 3. The molecule has 15 heteroatoms. The molecule has 0 saturated heterocycles. The number of ether oxygens (including phenoxy) is 4. The van der Waals surface area contributed by atoms with Gasteiger partial charge in [0.15, 0.2) is 5.75 Å². The minimum Gasteiger partial charge on any atom is -0.507 e. The summed E-state index contributed by atoms with van der Waals surface area (Å²) in [6.07, 6.45) is 4.61. The van der Waals surface area contributed by atoms with Crippen LogP contribution in [0.3, 0.4) is 0 Å². The molecule has 9 atom stereocenters. The standard InChI is InChI=1S/C44H53N3O12/c1-21-14-13-15-22(2)43(55)46-34-29(20-45-47-28-16-11-10-12-17-28)38(52)31-32(39(34)53)37(51)26(6)41-33(31)42(54)44(8,59-41)57-19-18-30(56-9)23(3)40(58-27(7)48)25(5)36(50)24(4)35(21)49/h10-21,23-25,30,35-36,40,47,49-53H,1-9H3,(H,46,55)/b14-13+,19-18+,22-15+,45-20?. The van der Waals surface area contributed by atoms with Gasteiger partial charge in [-0.1, -0.05) is 64.1 Å². The Kier molecular flexibility index (Phi) is 13.4. The van der Waals surface area contributed by atoms with Gasteiger partial charge >= 0.3 is 11.8 Å². The molecule has 0 saturated carbocycles. The maximum Gasteiger partial charge on any atom is 0.312 e. The van der Waals surface area contributed by atoms with E-state index in [0.717, 1.165) is 6.21 Å². The van der Waals surface area contributed by atoms with Crippen molar-refractivity contribution in [2.75, 3.05) is 17.9 Å². The van der Waals surface area contributed by atoms with E-state index >= 15 is 0 Å². The lowest BCUT2D eigenvalue weighted by Gasteiger charge is -2.38. The number of amides is 1. The number of nitrogens with one attached hydrogen (secondary N) is 2. The third-order valence-corrected chi connectivity index (χ3v) is 11.2. The van der Waals surface area contributed by atoms with E-state index in [1.165, 1.54) is 53.2 Å². The number of aliphatic hydroxyl groups excluding tert-OH is 2. The van der Waals surface area contributed by atoms with Crippen molar-refractivity contribution in [1.29, 1.82) is 0 Å². The van der Waals surface area contributed by atoms with Gasteiger partial charge < -0.3 is 49.8 Å². The van der Waals surface area contributed by atoms with Crippen LogP contribution in [0.4, 0.5) is 11.4 Å². The molecule has 9 unspecified atom stereocenters. The highest BCUT2D eigenvalue weighted by molar-refractivity contribution is 6.23. The van der Waals surface area contributed by atoms with Crippen LogP contribution in [0.1, 0.15) is 70.0 Å². The third-order valence-electron chi connectivity index (χ3n) is 11.2. The molecule has 3 aliphatic rings. The van der Waals surface area contributed by atoms with Gasteiger partial charge in [0.2, 0.25) is 0 Å². The van der Waals surface area contributed by atoms with Crippen LogP contribution in [0, 0.1) is 30.6 Å². The number of anilines is 2. The average Bonchev–Trinajstić information content (AvgIpc) is 3.47. The first-order valence-corrected chi connectivity index (χ1v) is 19.3. The molecule has 3 aromatic carbocycles. The van der Waals surface area contributed by atoms with Gasteiger partial charge in [-0.2, -0.15) is 5.10 Å². The number of phenolic OH excluding ortho intramolecular Hbond substituents is 3. The number of aliphatic hydroxyl groups is 2. The van der Waals surface area contributed by atoms with Gasteiger partial charge in [-0.25, -0.2) is 0 Å². The predicted molar refractivity (Wildman–Crippen MR) is 221 cm³/mol. The Bertz CT molecular complexity index is 2220. The summed E-state index contributed by atoms with van der Waals surface area (Å²) in [5.74, 6) is -8.60. The number of benzene rings is 3. The number of hydrogen-bond donors (Lipinski definition) is 7. The quantitative estimate of drug-likeness (QED) is 0.0501. The van der Waals surface area contributed by atoms with Gasteiger partial charge in [0.25, 0.3) is 11.7 Å². The van der Waals surface area contributed by atoms with Gasteiger partial charge in [-0.3, -0.25) is 19.8 Å². The van der Waals surface area contributed by atoms with Crippen molar-refractivity contribution in [3.8, 4) is 23.0 Å². The summed E-state index contributed by atoms with van der Waals surface area (Å²) in [4.78, 5) is 40.4. The van der Waals surface area contributed by atoms with Crippen molar-refractivity contribution in [2.24, 2.45) is 28.8 Å². The predicted octanol–water partition coefficient (Wildman–Crippen LogP) is 6.20. The molecule has 3 heterocycles. The monoisotopic (exact) mass is 815 g/mol. The summed E-state index contributed by atoms with van der Waals surface area (Å²) in [6, 6.07) is 8.84. The molecule has 3 aliphatic heterocycles. The molecule has 0 aliphatic carbocycles. The molecule has 316 valence electrons. The molecule has 15 nitrogen and oxygen atoms in total. The van der Waals surface area contributed by atoms with E-state index in [9.17, 15) is 39.9 Å². The van der Waals surface area contributed by atoms with Crippen molar-refractivity contribution in [1.82, 2.24) is 0 Å². The molecule has 1 amide bonds. The van der Waals surface area contributed by atoms with E-state index < -0.39 is 88.8 Å². The zero-order chi connectivity index (χ0) is 43.5. The summed E-state index contributed by atoms with van der Waals surface area (Å²) in [5.41, 5.74) is 2.84. The Balaban J connectivity index is 1.71. The molecule has 5 bridgehead atoms. The van der Waals surface area contributed by atoms with Gasteiger partial charge in [0.05, 0.1) is 58.7 Å². The van der Waals surface area contributed by atoms with E-state index in [0.29, 0.717) is 5.69 Å². The molecule has 0 spiro atoms. The van der Waals surface area contributed by atoms with Crippen LogP contribution in [-0.4, -0.2) is 86.7 Å². The number of para-hydroxylation sites is 1. The molecule has 3 aromatic rings. The lowest BCUT2D eigenvalue weighted by molar-refractivity contribution is -0.160. The van der Waals surface area contributed by atoms with Crippen molar-refractivity contribution in [2.45, 2.75) is 85.6 Å². The Morgan fingerprint density at radius 1 is 0.932 bits per heavy atom. The average molecular weight is 816 g/mol. The number of nitrogens with zero attached hydrogens (tertiary/aromatic N) is 1. The zero-order valence-electron chi connectivity index (χ0n) is 34.5. The van der Waals surface area contributed by atoms with Crippen LogP contribution < -0.4 is 15.5 Å². The lowest BCUT2D eigenvalue weighted by atomic mass is 9.78. The smallest absolute Gasteiger partial charge is 0.312 e. The number of phenols is 3. The van der Waals surface area contributed by atoms with E-state index in [2.05, 4.69) is 15.8 Å². The second-order valence-corrected chi connectivity index (χ2v) is 15.4. The number of rotatable bonds is 5. The number of methoxy groups -OCH3 is 1. The maximum atomic E-state index is 14.4. The fourth-order valence-electron chi connectivity index (χ4n) is 7.56. The lowest BCUT2D eigenvalue weighted by Crippen LogP contribution is -2.46. The van der Waals surface area contributed by atoms with Gasteiger partial charge in [-0.05, 0) is 32.1 Å². The number of Topliss-reactive ketones (excluding diaryl/α,β-unsaturated/α-hetero) is 1. The number of carbonyl (C=O) groups excluding carboxylic acids is 3. The minimum absolute atomic E-state index is 0.0359. The SMILES string of the molecule is COC1/C=C/OC2(C)Oc3c(C)c(O)c4c(O)c(c(C=NNc5ccccc5)c(O)c4c3C2=O)NC(=O)/C(C)=C/C=C/C(C)C(O)C(C)C(O)C(C)C(OC(C)=O)C1C. The second kappa shape index (κ2) is 17.9. The topological polar surface area (TPSA) is 226 Å². The Morgan fingerprint density at radius 3 is 2.25 bits per heavy atom. The third kappa shape index (κ3) is 8.77. The highest BCUT2D eigenvalue weighted by Crippen LogP contribution is 2.55. The number of allylic oxidation sites excluding steroid dienone is 2. The summed E-state index contributed by atoms with van der Waals surface area (Å²) in [6.45, 7) is 12.4. The number of hydrazone groups is 1. The number of ketones is 1. The van der Waals surface area contributed by atoms with Gasteiger partial charge in [-0.15, -0.1) is 0 Å². The van der Waals surface area contributed by atoms with Crippen LogP contribution >= 0.6 is 0 Å². The van der Waals surface area contributed by atoms with Crippen LogP contribution in [0.2, 0.25) is 0 Å². The van der Waals surface area contributed by atoms with Crippen molar-refractivity contribution >= 4 is 46.0 Å². The van der Waals surface area contributed by atoms with Crippen LogP contribution in [-0.2, 0) is 23.8 Å². The number of fused-ring (bicyclic) bond motifs is 14. The van der Waals surface area contributed by atoms with E-state index in [1.54, 1.807) is 64.1 Å². The van der Waals surface area contributed by atoms with Crippen molar-refractivity contribution in [3.05, 3.63) is 83.2 Å². The normalized spacial score (nSPS) is 30.0. The Labute approximate surface area is 342 Å². The molecular weight excluding hydrogens is 762 g/mol. The van der Waals surface area contributed by atoms with Crippen molar-refractivity contribution < 1.29 is 58.9 Å². The molecule has 6 rings (SSSR count). The Morgan fingerprint density at radius 2 is 1.61 bits per heavy atom. The van der Waals surface area contributed by atoms with E-state index in [1.807, 2.05) is 6.07 Å². The first-order chi connectivity index (χ1) is 27.8. The highest BCUT2D eigenvalue weighted by atomic mass is 16.7. The largest absolute Gasteiger partial charge is 0.507 e. The number of aromatic hydroxyl groups is 3. The summed E-state index contributed by atoms with van der Waals surface area (Å²) < 4.78 is 23.5. The fourth-order valence-corrected chi connectivity index (χ4v) is 7.56. The van der Waals surface area contributed by atoms with Crippen LogP contribution in [0.15, 0.2) is 71.6 Å². The fraction of sp³-hybridized carbons (Fsp3) is 0.409. The summed E-state index contributed by atoms with van der Waals surface area (Å²) >= 11 is 0. The number of hydrogen-bond acceptors (Lipinski definition) is 14. The van der Waals surface area contributed by atoms with Gasteiger partial charge in [0, 0.05) is 61.2 Å². The molecule has 0 radical (unpaired) electrons. The maximum absolute atomic E-state index is 14.4.